The zero-order valence-corrected chi connectivity index (χ0v) is 14.1. The summed E-state index contributed by atoms with van der Waals surface area (Å²) >= 11 is 0. The number of Topliss-reactive ketones (excluding diaryl/α,β-unsaturated/α-hetero) is 1. The number of benzene rings is 2. The monoisotopic (exact) mass is 322 g/mol. The third-order valence-electron chi connectivity index (χ3n) is 3.88. The van der Waals surface area contributed by atoms with Gasteiger partial charge in [-0.25, -0.2) is 9.97 Å². The highest BCUT2D eigenvalue weighted by Gasteiger charge is 2.13. The van der Waals surface area contributed by atoms with Gasteiger partial charge in [0.1, 0.15) is 5.82 Å². The standard InChI is InChI=1S/C19H18N2O3/c1-11(22)13-5-7-14(8-6-13)19-15-9-17(23-3)18(24-4)10-16(15)20-12(2)21-19/h5-10H,1-4H3. The molecular formula is C19H18N2O3. The molecule has 0 saturated carbocycles. The van der Waals surface area contributed by atoms with E-state index in [-0.39, 0.29) is 5.78 Å². The lowest BCUT2D eigenvalue weighted by Gasteiger charge is -2.12. The minimum atomic E-state index is 0.0386. The van der Waals surface area contributed by atoms with Crippen LogP contribution in [0.25, 0.3) is 22.2 Å². The van der Waals surface area contributed by atoms with Gasteiger partial charge in [0.2, 0.25) is 0 Å². The number of nitrogens with zero attached hydrogens (tertiary/aromatic N) is 2. The first-order chi connectivity index (χ1) is 11.5. The smallest absolute Gasteiger partial charge is 0.162 e. The number of hydrogen-bond donors (Lipinski definition) is 0. The van der Waals surface area contributed by atoms with Gasteiger partial charge in [-0.2, -0.15) is 0 Å². The number of carbonyl (C=O) groups is 1. The van der Waals surface area contributed by atoms with Crippen molar-refractivity contribution in [3.8, 4) is 22.8 Å². The minimum Gasteiger partial charge on any atom is -0.493 e. The van der Waals surface area contributed by atoms with E-state index in [2.05, 4.69) is 9.97 Å². The number of ether oxygens (including phenoxy) is 2. The van der Waals surface area contributed by atoms with Crippen LogP contribution < -0.4 is 9.47 Å². The maximum Gasteiger partial charge on any atom is 0.162 e. The van der Waals surface area contributed by atoms with Crippen molar-refractivity contribution in [2.24, 2.45) is 0 Å². The maximum atomic E-state index is 11.5. The van der Waals surface area contributed by atoms with Crippen molar-refractivity contribution in [2.75, 3.05) is 14.2 Å². The predicted octanol–water partition coefficient (Wildman–Crippen LogP) is 3.83. The van der Waals surface area contributed by atoms with Crippen LogP contribution in [-0.4, -0.2) is 30.0 Å². The van der Waals surface area contributed by atoms with Crippen molar-refractivity contribution < 1.29 is 14.3 Å². The Labute approximate surface area is 140 Å². The summed E-state index contributed by atoms with van der Waals surface area (Å²) in [5.41, 5.74) is 3.18. The number of methoxy groups -OCH3 is 2. The first kappa shape index (κ1) is 15.9. The first-order valence-corrected chi connectivity index (χ1v) is 7.55. The van der Waals surface area contributed by atoms with Gasteiger partial charge in [-0.05, 0) is 19.9 Å². The number of carbonyl (C=O) groups excluding carboxylic acids is 1. The highest BCUT2D eigenvalue weighted by atomic mass is 16.5. The van der Waals surface area contributed by atoms with Gasteiger partial charge in [0, 0.05) is 22.6 Å². The van der Waals surface area contributed by atoms with Gasteiger partial charge in [0.25, 0.3) is 0 Å². The van der Waals surface area contributed by atoms with Crippen LogP contribution in [0.4, 0.5) is 0 Å². The van der Waals surface area contributed by atoms with Gasteiger partial charge in [0.05, 0.1) is 25.4 Å². The zero-order chi connectivity index (χ0) is 17.3. The summed E-state index contributed by atoms with van der Waals surface area (Å²) in [7, 11) is 3.19. The summed E-state index contributed by atoms with van der Waals surface area (Å²) < 4.78 is 10.7. The lowest BCUT2D eigenvalue weighted by molar-refractivity contribution is 0.101. The second-order valence-electron chi connectivity index (χ2n) is 5.48. The van der Waals surface area contributed by atoms with E-state index in [4.69, 9.17) is 9.47 Å². The van der Waals surface area contributed by atoms with E-state index in [1.54, 1.807) is 21.1 Å². The maximum absolute atomic E-state index is 11.5. The molecule has 1 heterocycles. The van der Waals surface area contributed by atoms with Crippen molar-refractivity contribution >= 4 is 16.7 Å². The average molecular weight is 322 g/mol. The topological polar surface area (TPSA) is 61.3 Å². The summed E-state index contributed by atoms with van der Waals surface area (Å²) in [5, 5.41) is 0.869. The Hall–Kier alpha value is -2.95. The SMILES string of the molecule is COc1cc2nc(C)nc(-c3ccc(C(C)=O)cc3)c2cc1OC. The van der Waals surface area contributed by atoms with E-state index in [0.717, 1.165) is 22.2 Å². The van der Waals surface area contributed by atoms with Crippen LogP contribution in [0.1, 0.15) is 23.1 Å². The Morgan fingerprint density at radius 2 is 1.58 bits per heavy atom. The summed E-state index contributed by atoms with van der Waals surface area (Å²) in [6.07, 6.45) is 0. The van der Waals surface area contributed by atoms with Crippen LogP contribution >= 0.6 is 0 Å². The van der Waals surface area contributed by atoms with Gasteiger partial charge in [0.15, 0.2) is 17.3 Å². The Balaban J connectivity index is 2.24. The molecule has 2 aromatic carbocycles. The molecule has 3 rings (SSSR count). The Kier molecular flexibility index (Phi) is 4.16. The Morgan fingerprint density at radius 3 is 2.17 bits per heavy atom. The van der Waals surface area contributed by atoms with E-state index in [0.29, 0.717) is 22.9 Å². The normalized spacial score (nSPS) is 10.7. The van der Waals surface area contributed by atoms with Gasteiger partial charge < -0.3 is 9.47 Å². The first-order valence-electron chi connectivity index (χ1n) is 7.55. The number of rotatable bonds is 4. The second kappa shape index (κ2) is 6.28. The summed E-state index contributed by atoms with van der Waals surface area (Å²) in [6.45, 7) is 3.40. The van der Waals surface area contributed by atoms with E-state index in [9.17, 15) is 4.79 Å². The van der Waals surface area contributed by atoms with Gasteiger partial charge in [-0.1, -0.05) is 24.3 Å². The molecule has 0 unspecified atom stereocenters. The van der Waals surface area contributed by atoms with Crippen molar-refractivity contribution in [1.29, 1.82) is 0 Å². The Bertz CT molecular complexity index is 918. The predicted molar refractivity (Wildman–Crippen MR) is 92.8 cm³/mol. The minimum absolute atomic E-state index is 0.0386. The second-order valence-corrected chi connectivity index (χ2v) is 5.48. The summed E-state index contributed by atoms with van der Waals surface area (Å²) in [5.74, 6) is 1.96. The molecule has 0 radical (unpaired) electrons. The number of hydrogen-bond acceptors (Lipinski definition) is 5. The molecule has 0 atom stereocenters. The molecule has 3 aromatic rings. The lowest BCUT2D eigenvalue weighted by atomic mass is 10.0. The molecule has 0 saturated heterocycles. The fraction of sp³-hybridized carbons (Fsp3) is 0.211. The molecule has 5 nitrogen and oxygen atoms in total. The average Bonchev–Trinajstić information content (AvgIpc) is 2.59. The fourth-order valence-corrected chi connectivity index (χ4v) is 2.65. The van der Waals surface area contributed by atoms with Crippen LogP contribution in [0.15, 0.2) is 36.4 Å². The fourth-order valence-electron chi connectivity index (χ4n) is 2.65. The van der Waals surface area contributed by atoms with Gasteiger partial charge >= 0.3 is 0 Å². The van der Waals surface area contributed by atoms with Crippen molar-refractivity contribution in [2.45, 2.75) is 13.8 Å². The molecule has 0 aliphatic rings. The molecule has 0 aliphatic heterocycles. The largest absolute Gasteiger partial charge is 0.493 e. The van der Waals surface area contributed by atoms with Crippen LogP contribution in [-0.2, 0) is 0 Å². The molecule has 0 fully saturated rings. The third kappa shape index (κ3) is 2.80. The molecule has 5 heteroatoms. The molecule has 0 bridgehead atoms. The molecule has 1 aromatic heterocycles. The molecule has 0 aliphatic carbocycles. The van der Waals surface area contributed by atoms with Crippen LogP contribution in [0.2, 0.25) is 0 Å². The molecule has 0 amide bonds. The molecule has 0 spiro atoms. The van der Waals surface area contributed by atoms with Crippen molar-refractivity contribution in [3.63, 3.8) is 0 Å². The van der Waals surface area contributed by atoms with Gasteiger partial charge in [-0.15, -0.1) is 0 Å². The number of fused-ring (bicyclic) bond motifs is 1. The number of aryl methyl sites for hydroxylation is 1. The van der Waals surface area contributed by atoms with E-state index in [1.807, 2.05) is 43.3 Å². The highest BCUT2D eigenvalue weighted by Crippen LogP contribution is 2.35. The van der Waals surface area contributed by atoms with E-state index >= 15 is 0 Å². The third-order valence-corrected chi connectivity index (χ3v) is 3.88. The molecule has 0 N–H and O–H groups in total. The number of aromatic nitrogens is 2. The van der Waals surface area contributed by atoms with E-state index in [1.165, 1.54) is 0 Å². The summed E-state index contributed by atoms with van der Waals surface area (Å²) in [6, 6.07) is 11.1. The molecule has 122 valence electrons. The lowest BCUT2D eigenvalue weighted by Crippen LogP contribution is -1.97. The van der Waals surface area contributed by atoms with E-state index < -0.39 is 0 Å². The molecular weight excluding hydrogens is 304 g/mol. The quantitative estimate of drug-likeness (QED) is 0.683. The molecule has 24 heavy (non-hydrogen) atoms. The van der Waals surface area contributed by atoms with Crippen molar-refractivity contribution in [3.05, 3.63) is 47.8 Å². The number of ketones is 1. The highest BCUT2D eigenvalue weighted by molar-refractivity contribution is 5.97. The van der Waals surface area contributed by atoms with Crippen LogP contribution in [0.5, 0.6) is 11.5 Å². The van der Waals surface area contributed by atoms with Crippen LogP contribution in [0.3, 0.4) is 0 Å². The zero-order valence-electron chi connectivity index (χ0n) is 14.1. The summed E-state index contributed by atoms with van der Waals surface area (Å²) in [4.78, 5) is 20.5. The van der Waals surface area contributed by atoms with Crippen molar-refractivity contribution in [1.82, 2.24) is 9.97 Å². The van der Waals surface area contributed by atoms with Gasteiger partial charge in [-0.3, -0.25) is 4.79 Å². The Morgan fingerprint density at radius 1 is 0.958 bits per heavy atom. The van der Waals surface area contributed by atoms with Crippen LogP contribution in [0, 0.1) is 6.92 Å².